The molecule has 0 spiro atoms. The first kappa shape index (κ1) is 10.9. The van der Waals surface area contributed by atoms with Gasteiger partial charge in [0.2, 0.25) is 5.78 Å². The second kappa shape index (κ2) is 3.94. The third-order valence-corrected chi connectivity index (χ3v) is 2.07. The van der Waals surface area contributed by atoms with Crippen molar-refractivity contribution in [3.63, 3.8) is 0 Å². The van der Waals surface area contributed by atoms with Crippen molar-refractivity contribution in [2.24, 2.45) is 0 Å². The van der Waals surface area contributed by atoms with Gasteiger partial charge in [0, 0.05) is 17.6 Å². The molecule has 0 aromatic carbocycles. The van der Waals surface area contributed by atoms with Crippen LogP contribution < -0.4 is 18.1 Å². The summed E-state index contributed by atoms with van der Waals surface area (Å²) < 4.78 is 1.99. The highest BCUT2D eigenvalue weighted by Gasteiger charge is 2.04. The van der Waals surface area contributed by atoms with Gasteiger partial charge in [-0.3, -0.25) is 4.40 Å². The monoisotopic (exact) mass is 212 g/mol. The van der Waals surface area contributed by atoms with Gasteiger partial charge in [-0.1, -0.05) is 0 Å². The fourth-order valence-electron chi connectivity index (χ4n) is 1.44. The van der Waals surface area contributed by atoms with Crippen molar-refractivity contribution in [3.05, 3.63) is 29.3 Å². The van der Waals surface area contributed by atoms with E-state index in [2.05, 4.69) is 22.6 Å². The maximum atomic E-state index is 4.34. The van der Waals surface area contributed by atoms with E-state index >= 15 is 0 Å². The Morgan fingerprint density at radius 1 is 1.36 bits per heavy atom. The van der Waals surface area contributed by atoms with E-state index in [9.17, 15) is 0 Å². The van der Waals surface area contributed by atoms with Crippen LogP contribution in [0.4, 0.5) is 0 Å². The zero-order valence-electron chi connectivity index (χ0n) is 8.29. The standard InChI is InChI=1S/C9H12N4.ClH/c1-6-3-7(2)13-5-8(4-10)12-9(13)11-6;/h3,5H,4,10H2,1-2H3;1H. The van der Waals surface area contributed by atoms with Crippen molar-refractivity contribution in [3.8, 4) is 0 Å². The van der Waals surface area contributed by atoms with E-state index < -0.39 is 0 Å². The summed E-state index contributed by atoms with van der Waals surface area (Å²) in [4.78, 5) is 8.67. The van der Waals surface area contributed by atoms with Crippen molar-refractivity contribution in [1.82, 2.24) is 14.4 Å². The summed E-state index contributed by atoms with van der Waals surface area (Å²) in [6, 6.07) is 2.04. The van der Waals surface area contributed by atoms with Gasteiger partial charge in [0.15, 0.2) is 0 Å². The molecule has 0 saturated heterocycles. The summed E-state index contributed by atoms with van der Waals surface area (Å²) in [5, 5.41) is 0. The van der Waals surface area contributed by atoms with E-state index in [1.807, 2.05) is 23.6 Å². The zero-order chi connectivity index (χ0) is 9.42. The van der Waals surface area contributed by atoms with Gasteiger partial charge in [0.25, 0.3) is 0 Å². The van der Waals surface area contributed by atoms with Crippen molar-refractivity contribution in [1.29, 1.82) is 0 Å². The van der Waals surface area contributed by atoms with Crippen molar-refractivity contribution in [2.45, 2.75) is 20.4 Å². The summed E-state index contributed by atoms with van der Waals surface area (Å²) in [7, 11) is 0. The first-order valence-electron chi connectivity index (χ1n) is 4.32. The predicted octanol–water partition coefficient (Wildman–Crippen LogP) is -2.91. The summed E-state index contributed by atoms with van der Waals surface area (Å²) in [6.45, 7) is 4.74. The molecule has 0 saturated carbocycles. The van der Waals surface area contributed by atoms with Crippen LogP contribution in [-0.4, -0.2) is 14.4 Å². The molecule has 2 aromatic rings. The SMILES string of the molecule is Cc1cc(C)n2cc(C[NH3+])nc2n1.[Cl-]. The second-order valence-corrected chi connectivity index (χ2v) is 3.19. The molecule has 0 radical (unpaired) electrons. The largest absolute Gasteiger partial charge is 1.00 e. The Kier molecular flexibility index (Phi) is 3.08. The quantitative estimate of drug-likeness (QED) is 0.551. The van der Waals surface area contributed by atoms with Crippen LogP contribution in [0.1, 0.15) is 17.1 Å². The van der Waals surface area contributed by atoms with Crippen LogP contribution in [0.3, 0.4) is 0 Å². The molecule has 2 aromatic heterocycles. The van der Waals surface area contributed by atoms with Crippen LogP contribution in [0, 0.1) is 13.8 Å². The normalized spacial score (nSPS) is 10.2. The van der Waals surface area contributed by atoms with Crippen LogP contribution in [0.15, 0.2) is 12.3 Å². The van der Waals surface area contributed by atoms with Gasteiger partial charge < -0.3 is 18.1 Å². The molecule has 4 nitrogen and oxygen atoms in total. The van der Waals surface area contributed by atoms with E-state index in [-0.39, 0.29) is 12.4 Å². The number of hydrogen-bond acceptors (Lipinski definition) is 2. The molecule has 14 heavy (non-hydrogen) atoms. The molecular formula is C9H13ClN4. The fraction of sp³-hybridized carbons (Fsp3) is 0.333. The maximum absolute atomic E-state index is 4.34. The number of halogens is 1. The van der Waals surface area contributed by atoms with Crippen molar-refractivity contribution in [2.75, 3.05) is 0 Å². The minimum absolute atomic E-state index is 0. The van der Waals surface area contributed by atoms with Gasteiger partial charge in [-0.15, -0.1) is 0 Å². The van der Waals surface area contributed by atoms with Crippen LogP contribution in [-0.2, 0) is 6.54 Å². The number of quaternary nitrogens is 1. The minimum Gasteiger partial charge on any atom is -1.00 e. The van der Waals surface area contributed by atoms with Gasteiger partial charge >= 0.3 is 0 Å². The average molecular weight is 213 g/mol. The molecule has 2 heterocycles. The summed E-state index contributed by atoms with van der Waals surface area (Å²) in [6.07, 6.45) is 1.99. The van der Waals surface area contributed by atoms with Gasteiger partial charge in [-0.25, -0.2) is 9.97 Å². The van der Waals surface area contributed by atoms with E-state index in [4.69, 9.17) is 0 Å². The fourth-order valence-corrected chi connectivity index (χ4v) is 1.44. The molecule has 0 fully saturated rings. The Hall–Kier alpha value is -1.13. The highest BCUT2D eigenvalue weighted by atomic mass is 35.5. The van der Waals surface area contributed by atoms with Crippen LogP contribution in [0.2, 0.25) is 0 Å². The summed E-state index contributed by atoms with van der Waals surface area (Å²) >= 11 is 0. The Labute approximate surface area is 88.6 Å². The molecule has 76 valence electrons. The molecule has 0 unspecified atom stereocenters. The molecule has 0 atom stereocenters. The minimum atomic E-state index is 0. The van der Waals surface area contributed by atoms with E-state index in [0.717, 1.165) is 22.9 Å². The highest BCUT2D eigenvalue weighted by Crippen LogP contribution is 2.07. The highest BCUT2D eigenvalue weighted by molar-refractivity contribution is 5.34. The Morgan fingerprint density at radius 3 is 2.71 bits per heavy atom. The molecule has 0 bridgehead atoms. The summed E-state index contributed by atoms with van der Waals surface area (Å²) in [5.74, 6) is 0.774. The lowest BCUT2D eigenvalue weighted by atomic mass is 10.3. The summed E-state index contributed by atoms with van der Waals surface area (Å²) in [5.41, 5.74) is 6.95. The number of rotatable bonds is 1. The number of aromatic nitrogens is 3. The Bertz CT molecular complexity index is 449. The van der Waals surface area contributed by atoms with Gasteiger partial charge in [-0.2, -0.15) is 0 Å². The average Bonchev–Trinajstić information content (AvgIpc) is 2.47. The van der Waals surface area contributed by atoms with E-state index in [1.54, 1.807) is 0 Å². The van der Waals surface area contributed by atoms with E-state index in [1.165, 1.54) is 0 Å². The van der Waals surface area contributed by atoms with Crippen LogP contribution >= 0.6 is 0 Å². The Morgan fingerprint density at radius 2 is 2.07 bits per heavy atom. The third kappa shape index (κ3) is 1.71. The topological polar surface area (TPSA) is 57.8 Å². The number of nitrogens with zero attached hydrogens (tertiary/aromatic N) is 3. The molecule has 3 N–H and O–H groups in total. The molecule has 0 amide bonds. The van der Waals surface area contributed by atoms with Crippen LogP contribution in [0.25, 0.3) is 5.78 Å². The number of fused-ring (bicyclic) bond motifs is 1. The number of hydrogen-bond donors (Lipinski definition) is 1. The molecule has 5 heteroatoms. The van der Waals surface area contributed by atoms with Crippen LogP contribution in [0.5, 0.6) is 0 Å². The van der Waals surface area contributed by atoms with Gasteiger partial charge in [-0.05, 0) is 19.9 Å². The number of imidazole rings is 1. The smallest absolute Gasteiger partial charge is 0.234 e. The molecule has 0 aliphatic rings. The third-order valence-electron chi connectivity index (χ3n) is 2.07. The first-order valence-corrected chi connectivity index (χ1v) is 4.32. The first-order chi connectivity index (χ1) is 6.20. The predicted molar refractivity (Wildman–Crippen MR) is 49.1 cm³/mol. The van der Waals surface area contributed by atoms with Crippen molar-refractivity contribution >= 4 is 5.78 Å². The lowest BCUT2D eigenvalue weighted by Gasteiger charge is -1.98. The van der Waals surface area contributed by atoms with Gasteiger partial charge in [0.05, 0.1) is 0 Å². The van der Waals surface area contributed by atoms with E-state index in [0.29, 0.717) is 6.54 Å². The molecule has 0 aliphatic carbocycles. The lowest BCUT2D eigenvalue weighted by molar-refractivity contribution is -0.387. The molecule has 2 rings (SSSR count). The zero-order valence-corrected chi connectivity index (χ0v) is 9.04. The molecular weight excluding hydrogens is 200 g/mol. The maximum Gasteiger partial charge on any atom is 0.234 e. The Balaban J connectivity index is 0.000000980. The lowest BCUT2D eigenvalue weighted by Crippen LogP contribution is -3.00. The number of aryl methyl sites for hydroxylation is 2. The van der Waals surface area contributed by atoms with Crippen molar-refractivity contribution < 1.29 is 18.1 Å². The van der Waals surface area contributed by atoms with Gasteiger partial charge in [0.1, 0.15) is 12.2 Å². The second-order valence-electron chi connectivity index (χ2n) is 3.19. The molecule has 0 aliphatic heterocycles.